The molecule has 9 nitrogen and oxygen atoms in total. The second-order valence-electron chi connectivity index (χ2n) is 5.00. The molecule has 0 spiro atoms. The number of hydrogen-bond acceptors (Lipinski definition) is 4. The Hall–Kier alpha value is -1.84. The molecule has 0 radical (unpaired) electrons. The average molecular weight is 381 g/mol. The third kappa shape index (κ3) is 8.45. The van der Waals surface area contributed by atoms with E-state index in [2.05, 4.69) is 26.7 Å². The first-order valence-corrected chi connectivity index (χ1v) is 7.74. The highest BCUT2D eigenvalue weighted by Gasteiger charge is 2.25. The van der Waals surface area contributed by atoms with Crippen molar-refractivity contribution < 1.29 is 24.3 Å². The molecule has 1 unspecified atom stereocenters. The number of hydrazine groups is 1. The summed E-state index contributed by atoms with van der Waals surface area (Å²) < 4.78 is 0. The van der Waals surface area contributed by atoms with Crippen molar-refractivity contribution in [2.75, 3.05) is 11.9 Å². The summed E-state index contributed by atoms with van der Waals surface area (Å²) >= 11 is 2.96. The van der Waals surface area contributed by atoms with Crippen LogP contribution in [0.15, 0.2) is 0 Å². The van der Waals surface area contributed by atoms with Crippen LogP contribution in [-0.4, -0.2) is 51.8 Å². The van der Waals surface area contributed by atoms with Gasteiger partial charge in [-0.15, -0.1) is 0 Å². The number of carbonyl (C=O) groups is 4. The molecule has 0 rings (SSSR count). The number of hydrogen-bond donors (Lipinski definition) is 4. The van der Waals surface area contributed by atoms with Crippen LogP contribution in [0.5, 0.6) is 0 Å². The minimum Gasteiger partial charge on any atom is -0.465 e. The fraction of sp³-hybridized carbons (Fsp3) is 0.667. The number of alkyl halides is 1. The lowest BCUT2D eigenvalue weighted by Crippen LogP contribution is -2.55. The lowest BCUT2D eigenvalue weighted by molar-refractivity contribution is -0.141. The van der Waals surface area contributed by atoms with Gasteiger partial charge in [-0.3, -0.25) is 24.8 Å². The Morgan fingerprint density at radius 1 is 1.27 bits per heavy atom. The molecule has 126 valence electrons. The lowest BCUT2D eigenvalue weighted by Gasteiger charge is -2.25. The number of nitrogens with zero attached hydrogens (tertiary/aromatic N) is 1. The first-order chi connectivity index (χ1) is 10.2. The number of nitrogens with one attached hydrogen (secondary N) is 2. The molecule has 1 atom stereocenters. The van der Waals surface area contributed by atoms with E-state index in [-0.39, 0.29) is 30.6 Å². The van der Waals surface area contributed by atoms with Gasteiger partial charge in [-0.25, -0.2) is 4.79 Å². The Bertz CT molecular complexity index is 430. The van der Waals surface area contributed by atoms with E-state index in [9.17, 15) is 19.2 Å². The zero-order chi connectivity index (χ0) is 17.3. The van der Waals surface area contributed by atoms with Gasteiger partial charge in [0.1, 0.15) is 6.04 Å². The van der Waals surface area contributed by atoms with Gasteiger partial charge in [0, 0.05) is 6.42 Å². The van der Waals surface area contributed by atoms with Crippen molar-refractivity contribution in [3.8, 4) is 0 Å². The predicted molar refractivity (Wildman–Crippen MR) is 81.9 cm³/mol. The third-order valence-electron chi connectivity index (χ3n) is 2.56. The van der Waals surface area contributed by atoms with E-state index in [0.717, 1.165) is 5.01 Å². The van der Waals surface area contributed by atoms with E-state index >= 15 is 0 Å². The first kappa shape index (κ1) is 20.2. The van der Waals surface area contributed by atoms with Crippen LogP contribution < -0.4 is 16.5 Å². The molecule has 0 heterocycles. The summed E-state index contributed by atoms with van der Waals surface area (Å²) in [7, 11) is 0. The summed E-state index contributed by atoms with van der Waals surface area (Å²) in [6.45, 7) is 3.57. The van der Waals surface area contributed by atoms with Crippen LogP contribution in [0.2, 0.25) is 0 Å². The molecular formula is C12H21BrN4O5. The van der Waals surface area contributed by atoms with Crippen LogP contribution in [-0.2, 0) is 14.4 Å². The van der Waals surface area contributed by atoms with Gasteiger partial charge in [-0.1, -0.05) is 29.8 Å². The molecule has 0 saturated heterocycles. The number of carboxylic acid groups (broad SMARTS) is 1. The number of primary amides is 1. The highest BCUT2D eigenvalue weighted by molar-refractivity contribution is 9.09. The maximum atomic E-state index is 12.1. The van der Waals surface area contributed by atoms with E-state index in [1.165, 1.54) is 0 Å². The Morgan fingerprint density at radius 2 is 1.86 bits per heavy atom. The summed E-state index contributed by atoms with van der Waals surface area (Å²) in [5.41, 5.74) is 7.33. The van der Waals surface area contributed by atoms with Gasteiger partial charge in [-0.2, -0.15) is 0 Å². The predicted octanol–water partition coefficient (Wildman–Crippen LogP) is -0.201. The van der Waals surface area contributed by atoms with E-state index in [1.807, 2.05) is 13.8 Å². The van der Waals surface area contributed by atoms with E-state index < -0.39 is 29.9 Å². The Balaban J connectivity index is 4.88. The van der Waals surface area contributed by atoms with Crippen molar-refractivity contribution in [2.24, 2.45) is 11.7 Å². The van der Waals surface area contributed by atoms with Gasteiger partial charge >= 0.3 is 6.09 Å². The third-order valence-corrected chi connectivity index (χ3v) is 3.04. The molecular weight excluding hydrogens is 360 g/mol. The fourth-order valence-corrected chi connectivity index (χ4v) is 1.90. The fourth-order valence-electron chi connectivity index (χ4n) is 1.60. The number of amides is 4. The monoisotopic (exact) mass is 380 g/mol. The quantitative estimate of drug-likeness (QED) is 0.340. The van der Waals surface area contributed by atoms with Gasteiger partial charge in [0.2, 0.25) is 5.91 Å². The average Bonchev–Trinajstić information content (AvgIpc) is 2.40. The van der Waals surface area contributed by atoms with Crippen LogP contribution >= 0.6 is 15.9 Å². The number of rotatable bonds is 8. The van der Waals surface area contributed by atoms with Crippen molar-refractivity contribution >= 4 is 39.7 Å². The molecule has 0 fully saturated rings. The van der Waals surface area contributed by atoms with Gasteiger partial charge in [0.05, 0.1) is 11.9 Å². The lowest BCUT2D eigenvalue weighted by atomic mass is 10.0. The van der Waals surface area contributed by atoms with Crippen LogP contribution in [0.3, 0.4) is 0 Å². The zero-order valence-electron chi connectivity index (χ0n) is 12.5. The van der Waals surface area contributed by atoms with Crippen LogP contribution in [0.25, 0.3) is 0 Å². The van der Waals surface area contributed by atoms with E-state index in [4.69, 9.17) is 10.8 Å². The minimum absolute atomic E-state index is 0.0623. The molecule has 0 aliphatic heterocycles. The van der Waals surface area contributed by atoms with Crippen LogP contribution in [0.4, 0.5) is 4.79 Å². The molecule has 0 aliphatic carbocycles. The molecule has 0 saturated carbocycles. The smallest absolute Gasteiger partial charge is 0.405 e. The molecule has 22 heavy (non-hydrogen) atoms. The van der Waals surface area contributed by atoms with Gasteiger partial charge in [-0.05, 0) is 12.3 Å². The highest BCUT2D eigenvalue weighted by atomic mass is 79.9. The number of halogens is 1. The van der Waals surface area contributed by atoms with Crippen molar-refractivity contribution in [2.45, 2.75) is 32.7 Å². The van der Waals surface area contributed by atoms with Crippen molar-refractivity contribution in [1.29, 1.82) is 0 Å². The molecule has 10 heteroatoms. The van der Waals surface area contributed by atoms with Crippen molar-refractivity contribution in [1.82, 2.24) is 15.8 Å². The number of carbonyl (C=O) groups excluding carboxylic acids is 3. The minimum atomic E-state index is -1.34. The second-order valence-corrected chi connectivity index (χ2v) is 5.56. The first-order valence-electron chi connectivity index (χ1n) is 6.62. The van der Waals surface area contributed by atoms with E-state index in [1.54, 1.807) is 0 Å². The van der Waals surface area contributed by atoms with Gasteiger partial charge in [0.15, 0.2) is 0 Å². The molecule has 0 aromatic carbocycles. The molecule has 0 aromatic rings. The Labute approximate surface area is 136 Å². The van der Waals surface area contributed by atoms with Crippen LogP contribution in [0, 0.1) is 5.92 Å². The van der Waals surface area contributed by atoms with Crippen molar-refractivity contribution in [3.63, 3.8) is 0 Å². The normalized spacial score (nSPS) is 11.6. The van der Waals surface area contributed by atoms with Crippen molar-refractivity contribution in [3.05, 3.63) is 0 Å². The second kappa shape index (κ2) is 9.98. The maximum Gasteiger partial charge on any atom is 0.405 e. The number of nitrogens with two attached hydrogens (primary N) is 1. The van der Waals surface area contributed by atoms with E-state index in [0.29, 0.717) is 0 Å². The topological polar surface area (TPSA) is 142 Å². The van der Waals surface area contributed by atoms with Gasteiger partial charge in [0.25, 0.3) is 11.8 Å². The zero-order valence-corrected chi connectivity index (χ0v) is 14.1. The molecule has 4 amide bonds. The largest absolute Gasteiger partial charge is 0.465 e. The molecule has 0 aromatic heterocycles. The maximum absolute atomic E-state index is 12.1. The van der Waals surface area contributed by atoms with Crippen LogP contribution in [0.1, 0.15) is 26.7 Å². The summed E-state index contributed by atoms with van der Waals surface area (Å²) in [5, 5.41) is 11.8. The Kier molecular flexibility index (Phi) is 9.15. The summed E-state index contributed by atoms with van der Waals surface area (Å²) in [6.07, 6.45) is -1.19. The molecule has 5 N–H and O–H groups in total. The SMILES string of the molecule is CC(C)CC(NC(=O)O)C(=O)NN(CCC(N)=O)C(=O)CBr. The highest BCUT2D eigenvalue weighted by Crippen LogP contribution is 2.05. The standard InChI is InChI=1S/C12H21BrN4O5/c1-7(2)5-8(15-12(21)22)11(20)16-17(10(19)6-13)4-3-9(14)18/h7-8,15H,3-6H2,1-2H3,(H2,14,18)(H,16,20)(H,21,22). The Morgan fingerprint density at radius 3 is 2.27 bits per heavy atom. The van der Waals surface area contributed by atoms with Gasteiger partial charge < -0.3 is 16.2 Å². The summed E-state index contributed by atoms with van der Waals surface area (Å²) in [5.74, 6) is -1.71. The molecule has 0 bridgehead atoms. The molecule has 0 aliphatic rings. The summed E-state index contributed by atoms with van der Waals surface area (Å²) in [4.78, 5) is 45.4. The summed E-state index contributed by atoms with van der Waals surface area (Å²) in [6, 6.07) is -1.00.